The van der Waals surface area contributed by atoms with Gasteiger partial charge in [0.2, 0.25) is 0 Å². The van der Waals surface area contributed by atoms with Crippen molar-refractivity contribution in [3.63, 3.8) is 0 Å². The van der Waals surface area contributed by atoms with Gasteiger partial charge in [-0.3, -0.25) is 0 Å². The fraction of sp³-hybridized carbons (Fsp3) is 0.500. The van der Waals surface area contributed by atoms with Crippen LogP contribution in [0.3, 0.4) is 0 Å². The van der Waals surface area contributed by atoms with Gasteiger partial charge in [0, 0.05) is 0 Å². The summed E-state index contributed by atoms with van der Waals surface area (Å²) in [5.41, 5.74) is 3.45. The first-order chi connectivity index (χ1) is 8.31. The number of hydrogen-bond acceptors (Lipinski definition) is 0. The van der Waals surface area contributed by atoms with E-state index in [9.17, 15) is 0 Å². The van der Waals surface area contributed by atoms with Crippen LogP contribution in [0.1, 0.15) is 42.8 Å². The predicted molar refractivity (Wildman–Crippen MR) is 71.7 cm³/mol. The van der Waals surface area contributed by atoms with Gasteiger partial charge in [-0.25, -0.2) is 0 Å². The molecule has 1 fully saturated rings. The van der Waals surface area contributed by atoms with Crippen molar-refractivity contribution in [2.45, 2.75) is 41.7 Å². The molecule has 0 nitrogen and oxygen atoms in total. The van der Waals surface area contributed by atoms with Crippen molar-refractivity contribution in [1.29, 1.82) is 0 Å². The van der Waals surface area contributed by atoms with Crippen LogP contribution in [0, 0.1) is 5.92 Å². The van der Waals surface area contributed by atoms with E-state index in [1.807, 2.05) is 0 Å². The van der Waals surface area contributed by atoms with Crippen molar-refractivity contribution >= 4 is 0 Å². The molecule has 2 atom stereocenters. The number of rotatable bonds is 2. The van der Waals surface area contributed by atoms with Gasteiger partial charge >= 0.3 is 120 Å². The molecule has 0 heterocycles. The van der Waals surface area contributed by atoms with Crippen LogP contribution in [0.2, 0.25) is 3.17 Å². The van der Waals surface area contributed by atoms with E-state index in [1.54, 1.807) is 11.1 Å². The molecule has 2 unspecified atom stereocenters. The Hall–Kier alpha value is -0.170. The second-order valence-corrected chi connectivity index (χ2v) is 8.67. The Labute approximate surface area is 124 Å². The van der Waals surface area contributed by atoms with Gasteiger partial charge in [-0.05, 0) is 0 Å². The topological polar surface area (TPSA) is 0 Å². The molecule has 0 aromatic rings. The molecule has 0 spiro atoms. The van der Waals surface area contributed by atoms with Crippen molar-refractivity contribution in [2.75, 3.05) is 0 Å². The molecular formula is C16H22Hf. The summed E-state index contributed by atoms with van der Waals surface area (Å²) in [6.07, 6.45) is 22.2. The maximum absolute atomic E-state index is 2.41. The fourth-order valence-electron chi connectivity index (χ4n) is 3.56. The second-order valence-electron chi connectivity index (χ2n) is 5.47. The van der Waals surface area contributed by atoms with Crippen LogP contribution in [0.15, 0.2) is 47.6 Å². The monoisotopic (exact) mass is 394 g/mol. The first-order valence-electron chi connectivity index (χ1n) is 6.77. The third-order valence-electron chi connectivity index (χ3n) is 4.50. The Morgan fingerprint density at radius 1 is 1.12 bits per heavy atom. The van der Waals surface area contributed by atoms with E-state index in [1.165, 1.54) is 62.9 Å². The van der Waals surface area contributed by atoms with Crippen LogP contribution >= 0.6 is 0 Å². The van der Waals surface area contributed by atoms with Gasteiger partial charge in [-0.1, -0.05) is 0 Å². The van der Waals surface area contributed by atoms with Crippen LogP contribution in [-0.2, 0) is 24.4 Å². The zero-order valence-corrected chi connectivity index (χ0v) is 13.9. The quantitative estimate of drug-likeness (QED) is 0.581. The average Bonchev–Trinajstić information content (AvgIpc) is 3.03. The Balaban J connectivity index is 0.00000120. The molecule has 3 aliphatic carbocycles. The van der Waals surface area contributed by atoms with Crippen LogP contribution in [0.5, 0.6) is 0 Å². The molecule has 0 N–H and O–H groups in total. The minimum absolute atomic E-state index is 0. The molecule has 0 bridgehead atoms. The minimum atomic E-state index is 0. The van der Waals surface area contributed by atoms with Crippen molar-refractivity contribution in [1.82, 2.24) is 0 Å². The van der Waals surface area contributed by atoms with E-state index in [-0.39, 0.29) is 4.28 Å². The van der Waals surface area contributed by atoms with Gasteiger partial charge < -0.3 is 4.28 Å². The SMILES string of the molecule is [H-].[H-].[H-].[Hf+3][C]1(C2=CC=CC2)CCCCC1C1=CC=CC1. The maximum atomic E-state index is 2.41. The van der Waals surface area contributed by atoms with E-state index in [0.29, 0.717) is 3.17 Å². The summed E-state index contributed by atoms with van der Waals surface area (Å²) < 4.78 is 0.569. The Kier molecular flexibility index (Phi) is 3.38. The molecule has 1 saturated carbocycles. The van der Waals surface area contributed by atoms with Gasteiger partial charge in [0.1, 0.15) is 0 Å². The summed E-state index contributed by atoms with van der Waals surface area (Å²) in [6.45, 7) is 0. The third kappa shape index (κ3) is 2.12. The van der Waals surface area contributed by atoms with Crippen LogP contribution in [0.4, 0.5) is 0 Å². The zero-order chi connectivity index (χ0) is 11.7. The van der Waals surface area contributed by atoms with Crippen molar-refractivity contribution in [2.24, 2.45) is 5.92 Å². The van der Waals surface area contributed by atoms with Gasteiger partial charge in [0.15, 0.2) is 0 Å². The van der Waals surface area contributed by atoms with Crippen LogP contribution in [-0.4, -0.2) is 0 Å². The summed E-state index contributed by atoms with van der Waals surface area (Å²) >= 11 is 1.31. The molecule has 0 saturated heterocycles. The van der Waals surface area contributed by atoms with E-state index in [0.717, 1.165) is 5.92 Å². The van der Waals surface area contributed by atoms with Crippen molar-refractivity contribution in [3.05, 3.63) is 47.6 Å². The molecule has 0 radical (unpaired) electrons. The summed E-state index contributed by atoms with van der Waals surface area (Å²) in [7, 11) is 0. The number of hydrogen-bond donors (Lipinski definition) is 0. The standard InChI is InChI=1S/C16H19.Hf.3H/c1-2-8-13(7-1)15-11-5-6-12-16(15)14-9-3-4-10-14;;;;/h1-4,7,9,15H,5-6,8,10-12H2;;;;/q;+3;3*-1. The molecule has 0 aromatic heterocycles. The molecular weight excluding hydrogens is 371 g/mol. The van der Waals surface area contributed by atoms with Gasteiger partial charge in [0.05, 0.1) is 0 Å². The van der Waals surface area contributed by atoms with Crippen molar-refractivity contribution < 1.29 is 28.7 Å². The summed E-state index contributed by atoms with van der Waals surface area (Å²) in [4.78, 5) is 0. The van der Waals surface area contributed by atoms with Gasteiger partial charge in [-0.2, -0.15) is 0 Å². The summed E-state index contributed by atoms with van der Waals surface area (Å²) in [5.74, 6) is 0.851. The Morgan fingerprint density at radius 2 is 1.94 bits per heavy atom. The van der Waals surface area contributed by atoms with Crippen LogP contribution in [0.25, 0.3) is 0 Å². The van der Waals surface area contributed by atoms with Gasteiger partial charge in [0.25, 0.3) is 0 Å². The first-order valence-corrected chi connectivity index (χ1v) is 8.57. The number of allylic oxidation sites excluding steroid dienone is 8. The molecule has 17 heavy (non-hydrogen) atoms. The normalized spacial score (nSPS) is 36.2. The van der Waals surface area contributed by atoms with E-state index in [4.69, 9.17) is 0 Å². The molecule has 0 aliphatic heterocycles. The third-order valence-corrected chi connectivity index (χ3v) is 7.80. The Bertz CT molecular complexity index is 437. The first kappa shape index (κ1) is 11.9. The van der Waals surface area contributed by atoms with E-state index < -0.39 is 0 Å². The summed E-state index contributed by atoms with van der Waals surface area (Å²) in [5, 5.41) is 0. The molecule has 0 aromatic carbocycles. The second kappa shape index (κ2) is 4.84. The molecule has 1 heteroatoms. The summed E-state index contributed by atoms with van der Waals surface area (Å²) in [6, 6.07) is 0. The fourth-order valence-corrected chi connectivity index (χ4v) is 6.05. The van der Waals surface area contributed by atoms with Gasteiger partial charge in [-0.15, -0.1) is 0 Å². The Morgan fingerprint density at radius 3 is 2.65 bits per heavy atom. The van der Waals surface area contributed by atoms with Crippen molar-refractivity contribution in [3.8, 4) is 0 Å². The van der Waals surface area contributed by atoms with E-state index in [2.05, 4.69) is 36.5 Å². The average molecular weight is 393 g/mol. The van der Waals surface area contributed by atoms with Crippen LogP contribution < -0.4 is 0 Å². The molecule has 3 aliphatic rings. The predicted octanol–water partition coefficient (Wildman–Crippen LogP) is 4.99. The molecule has 3 rings (SSSR count). The molecule has 0 amide bonds. The van der Waals surface area contributed by atoms with E-state index >= 15 is 0 Å². The molecule has 90 valence electrons. The zero-order valence-electron chi connectivity index (χ0n) is 13.3.